The molecule has 108 valence electrons. The summed E-state index contributed by atoms with van der Waals surface area (Å²) in [6, 6.07) is 7.47. The van der Waals surface area contributed by atoms with Gasteiger partial charge in [-0.3, -0.25) is 4.79 Å². The average molecular weight is 341 g/mol. The molecule has 0 unspecified atom stereocenters. The number of nitrogens with one attached hydrogen (secondary N) is 1. The number of hydrogen-bond donors (Lipinski definition) is 2. The van der Waals surface area contributed by atoms with Gasteiger partial charge in [0.1, 0.15) is 0 Å². The highest BCUT2D eigenvalue weighted by molar-refractivity contribution is 9.10. The number of amides is 2. The number of hydrogen-bond acceptors (Lipinski definition) is 2. The summed E-state index contributed by atoms with van der Waals surface area (Å²) in [6.45, 7) is 0.676. The molecule has 0 atom stereocenters. The van der Waals surface area contributed by atoms with Gasteiger partial charge in [-0.25, -0.2) is 4.79 Å². The molecule has 1 fully saturated rings. The van der Waals surface area contributed by atoms with Crippen LogP contribution in [-0.4, -0.2) is 35.6 Å². The molecule has 1 aliphatic carbocycles. The number of carboxylic acid groups (broad SMARTS) is 1. The first kappa shape index (κ1) is 14.8. The lowest BCUT2D eigenvalue weighted by Crippen LogP contribution is -2.41. The second-order valence-corrected chi connectivity index (χ2v) is 6.15. The molecule has 6 heteroatoms. The maximum atomic E-state index is 11.9. The van der Waals surface area contributed by atoms with Gasteiger partial charge in [0.2, 0.25) is 0 Å². The van der Waals surface area contributed by atoms with Crippen molar-refractivity contribution in [2.24, 2.45) is 5.41 Å². The van der Waals surface area contributed by atoms with E-state index in [4.69, 9.17) is 5.11 Å². The van der Waals surface area contributed by atoms with Crippen LogP contribution in [-0.2, 0) is 11.3 Å². The average Bonchev–Trinajstić information content (AvgIpc) is 3.17. The quantitative estimate of drug-likeness (QED) is 0.864. The van der Waals surface area contributed by atoms with Crippen molar-refractivity contribution < 1.29 is 14.7 Å². The summed E-state index contributed by atoms with van der Waals surface area (Å²) in [5.41, 5.74) is 0.281. The van der Waals surface area contributed by atoms with Crippen LogP contribution in [0.2, 0.25) is 0 Å². The zero-order chi connectivity index (χ0) is 14.8. The summed E-state index contributed by atoms with van der Waals surface area (Å²) in [4.78, 5) is 24.5. The smallest absolute Gasteiger partial charge is 0.317 e. The molecule has 0 heterocycles. The Bertz CT molecular complexity index is 529. The largest absolute Gasteiger partial charge is 0.481 e. The van der Waals surface area contributed by atoms with Crippen molar-refractivity contribution in [2.75, 3.05) is 13.6 Å². The Morgan fingerprint density at radius 1 is 1.45 bits per heavy atom. The standard InChI is InChI=1S/C14H17BrN2O3/c1-17(8-10-3-2-4-11(15)7-10)13(20)16-9-14(5-6-14)12(18)19/h2-4,7H,5-6,8-9H2,1H3,(H,16,20)(H,18,19). The monoisotopic (exact) mass is 340 g/mol. The molecule has 1 aromatic carbocycles. The van der Waals surface area contributed by atoms with E-state index in [-0.39, 0.29) is 12.6 Å². The lowest BCUT2D eigenvalue weighted by Gasteiger charge is -2.19. The number of rotatable bonds is 5. The van der Waals surface area contributed by atoms with Crippen LogP contribution in [0, 0.1) is 5.41 Å². The maximum absolute atomic E-state index is 11.9. The Kier molecular flexibility index (Phi) is 4.32. The predicted molar refractivity (Wildman–Crippen MR) is 78.3 cm³/mol. The van der Waals surface area contributed by atoms with Gasteiger partial charge in [0, 0.05) is 24.6 Å². The number of carbonyl (C=O) groups excluding carboxylic acids is 1. The molecule has 0 aromatic heterocycles. The molecule has 2 N–H and O–H groups in total. The van der Waals surface area contributed by atoms with E-state index in [1.165, 1.54) is 0 Å². The first-order chi connectivity index (χ1) is 9.43. The minimum atomic E-state index is -0.826. The van der Waals surface area contributed by atoms with Gasteiger partial charge in [0.05, 0.1) is 5.41 Å². The third kappa shape index (κ3) is 3.50. The van der Waals surface area contributed by atoms with E-state index in [0.717, 1.165) is 10.0 Å². The van der Waals surface area contributed by atoms with Crippen LogP contribution in [0.5, 0.6) is 0 Å². The van der Waals surface area contributed by atoms with E-state index in [1.807, 2.05) is 24.3 Å². The minimum Gasteiger partial charge on any atom is -0.481 e. The van der Waals surface area contributed by atoms with Crippen molar-refractivity contribution in [3.8, 4) is 0 Å². The second-order valence-electron chi connectivity index (χ2n) is 5.23. The predicted octanol–water partition coefficient (Wildman–Crippen LogP) is 2.46. The molecule has 0 bridgehead atoms. The molecule has 1 aromatic rings. The Balaban J connectivity index is 1.85. The lowest BCUT2D eigenvalue weighted by atomic mass is 10.1. The van der Waals surface area contributed by atoms with E-state index < -0.39 is 11.4 Å². The molecule has 5 nitrogen and oxygen atoms in total. The van der Waals surface area contributed by atoms with E-state index in [2.05, 4.69) is 21.2 Å². The normalized spacial score (nSPS) is 15.5. The highest BCUT2D eigenvalue weighted by atomic mass is 79.9. The van der Waals surface area contributed by atoms with Crippen molar-refractivity contribution in [3.05, 3.63) is 34.3 Å². The number of carbonyl (C=O) groups is 2. The first-order valence-corrected chi connectivity index (χ1v) is 7.19. The fourth-order valence-corrected chi connectivity index (χ4v) is 2.42. The zero-order valence-electron chi connectivity index (χ0n) is 11.2. The number of urea groups is 1. The Morgan fingerprint density at radius 2 is 2.15 bits per heavy atom. The van der Waals surface area contributed by atoms with Crippen LogP contribution in [0.3, 0.4) is 0 Å². The van der Waals surface area contributed by atoms with Crippen LogP contribution in [0.4, 0.5) is 4.79 Å². The fraction of sp³-hybridized carbons (Fsp3) is 0.429. The van der Waals surface area contributed by atoms with Gasteiger partial charge < -0.3 is 15.3 Å². The zero-order valence-corrected chi connectivity index (χ0v) is 12.8. The van der Waals surface area contributed by atoms with E-state index in [0.29, 0.717) is 19.4 Å². The molecule has 0 spiro atoms. The highest BCUT2D eigenvalue weighted by Gasteiger charge is 2.50. The molecular formula is C14H17BrN2O3. The SMILES string of the molecule is CN(Cc1cccc(Br)c1)C(=O)NCC1(C(=O)O)CC1. The van der Waals surface area contributed by atoms with Crippen molar-refractivity contribution >= 4 is 27.9 Å². The summed E-state index contributed by atoms with van der Waals surface area (Å²) in [5.74, 6) is -0.826. The van der Waals surface area contributed by atoms with Crippen molar-refractivity contribution in [3.63, 3.8) is 0 Å². The molecule has 0 saturated heterocycles. The van der Waals surface area contributed by atoms with Gasteiger partial charge in [0.25, 0.3) is 0 Å². The summed E-state index contributed by atoms with van der Waals surface area (Å²) in [6.07, 6.45) is 1.27. The van der Waals surface area contributed by atoms with Gasteiger partial charge in [-0.2, -0.15) is 0 Å². The van der Waals surface area contributed by atoms with Gasteiger partial charge >= 0.3 is 12.0 Å². The number of nitrogens with zero attached hydrogens (tertiary/aromatic N) is 1. The first-order valence-electron chi connectivity index (χ1n) is 6.40. The molecule has 2 amide bonds. The summed E-state index contributed by atoms with van der Waals surface area (Å²) in [5, 5.41) is 11.7. The molecule has 1 saturated carbocycles. The van der Waals surface area contributed by atoms with Crippen LogP contribution < -0.4 is 5.32 Å². The fourth-order valence-electron chi connectivity index (χ4n) is 1.98. The summed E-state index contributed by atoms with van der Waals surface area (Å²) >= 11 is 3.39. The molecule has 0 aliphatic heterocycles. The Morgan fingerprint density at radius 3 is 2.70 bits per heavy atom. The highest BCUT2D eigenvalue weighted by Crippen LogP contribution is 2.45. The van der Waals surface area contributed by atoms with Crippen LogP contribution in [0.25, 0.3) is 0 Å². The molecule has 20 heavy (non-hydrogen) atoms. The van der Waals surface area contributed by atoms with Crippen molar-refractivity contribution in [2.45, 2.75) is 19.4 Å². The van der Waals surface area contributed by atoms with Gasteiger partial charge in [0.15, 0.2) is 0 Å². The number of benzene rings is 1. The number of halogens is 1. The van der Waals surface area contributed by atoms with Crippen molar-refractivity contribution in [1.82, 2.24) is 10.2 Å². The van der Waals surface area contributed by atoms with Gasteiger partial charge in [-0.1, -0.05) is 28.1 Å². The van der Waals surface area contributed by atoms with Crippen LogP contribution >= 0.6 is 15.9 Å². The third-order valence-corrected chi connectivity index (χ3v) is 4.03. The van der Waals surface area contributed by atoms with Crippen molar-refractivity contribution in [1.29, 1.82) is 0 Å². The van der Waals surface area contributed by atoms with Gasteiger partial charge in [-0.05, 0) is 30.5 Å². The van der Waals surface area contributed by atoms with E-state index in [1.54, 1.807) is 11.9 Å². The Hall–Kier alpha value is -1.56. The number of carboxylic acids is 1. The van der Waals surface area contributed by atoms with Crippen LogP contribution in [0.15, 0.2) is 28.7 Å². The van der Waals surface area contributed by atoms with E-state index in [9.17, 15) is 9.59 Å². The Labute approximate surface area is 126 Å². The summed E-state index contributed by atoms with van der Waals surface area (Å²) in [7, 11) is 1.69. The lowest BCUT2D eigenvalue weighted by molar-refractivity contribution is -0.143. The van der Waals surface area contributed by atoms with Crippen LogP contribution in [0.1, 0.15) is 18.4 Å². The second kappa shape index (κ2) is 5.83. The topological polar surface area (TPSA) is 69.6 Å². The molecular weight excluding hydrogens is 324 g/mol. The van der Waals surface area contributed by atoms with Gasteiger partial charge in [-0.15, -0.1) is 0 Å². The maximum Gasteiger partial charge on any atom is 0.317 e. The third-order valence-electron chi connectivity index (χ3n) is 3.54. The molecule has 2 rings (SSSR count). The summed E-state index contributed by atoms with van der Waals surface area (Å²) < 4.78 is 0.964. The number of aliphatic carboxylic acids is 1. The van der Waals surface area contributed by atoms with E-state index >= 15 is 0 Å². The minimum absolute atomic E-state index is 0.198. The molecule has 0 radical (unpaired) electrons. The molecule has 1 aliphatic rings.